The van der Waals surface area contributed by atoms with E-state index in [1.807, 2.05) is 12.1 Å². The zero-order valence-corrected chi connectivity index (χ0v) is 19.9. The zero-order chi connectivity index (χ0) is 23.3. The van der Waals surface area contributed by atoms with Crippen LogP contribution in [-0.4, -0.2) is 42.6 Å². The van der Waals surface area contributed by atoms with Gasteiger partial charge in [0.05, 0.1) is 0 Å². The highest BCUT2D eigenvalue weighted by atomic mass is 35.5. The number of carbonyl (C=O) groups excluding carboxylic acids is 1. The molecule has 1 amide bonds. The van der Waals surface area contributed by atoms with Crippen molar-refractivity contribution in [3.8, 4) is 5.75 Å². The van der Waals surface area contributed by atoms with Crippen LogP contribution in [-0.2, 0) is 11.3 Å². The molecule has 0 aliphatic carbocycles. The first kappa shape index (κ1) is 23.1. The van der Waals surface area contributed by atoms with Gasteiger partial charge in [0, 0.05) is 49.1 Å². The van der Waals surface area contributed by atoms with E-state index >= 15 is 0 Å². The van der Waals surface area contributed by atoms with Gasteiger partial charge in [-0.1, -0.05) is 41.9 Å². The van der Waals surface area contributed by atoms with Gasteiger partial charge in [0.15, 0.2) is 5.60 Å². The second kappa shape index (κ2) is 10.3. The molecule has 1 saturated heterocycles. The lowest BCUT2D eigenvalue weighted by Gasteiger charge is -2.36. The Kier molecular flexibility index (Phi) is 7.21. The summed E-state index contributed by atoms with van der Waals surface area (Å²) in [5.74, 6) is 0.390. The van der Waals surface area contributed by atoms with Crippen LogP contribution in [0.2, 0.25) is 5.02 Å². The normalized spacial score (nSPS) is 14.7. The maximum absolute atomic E-state index is 12.8. The van der Waals surface area contributed by atoms with E-state index in [9.17, 15) is 4.79 Å². The fourth-order valence-electron chi connectivity index (χ4n) is 3.89. The van der Waals surface area contributed by atoms with Crippen molar-refractivity contribution in [2.45, 2.75) is 26.0 Å². The number of anilines is 2. The molecule has 0 atom stereocenters. The van der Waals surface area contributed by atoms with E-state index in [-0.39, 0.29) is 5.91 Å². The second-order valence-corrected chi connectivity index (χ2v) is 9.25. The molecule has 0 spiro atoms. The minimum atomic E-state index is -1.03. The monoisotopic (exact) mass is 463 g/mol. The highest BCUT2D eigenvalue weighted by Crippen LogP contribution is 2.24. The van der Waals surface area contributed by atoms with Crippen LogP contribution in [0, 0.1) is 0 Å². The van der Waals surface area contributed by atoms with Crippen molar-refractivity contribution in [2.75, 3.05) is 36.4 Å². The summed E-state index contributed by atoms with van der Waals surface area (Å²) in [6.07, 6.45) is 0. The fraction of sp³-hybridized carbons (Fsp3) is 0.296. The van der Waals surface area contributed by atoms with Gasteiger partial charge in [0.1, 0.15) is 5.75 Å². The molecule has 1 aliphatic heterocycles. The molecule has 6 heteroatoms. The average molecular weight is 464 g/mol. The second-order valence-electron chi connectivity index (χ2n) is 8.82. The number of ether oxygens (including phenoxy) is 1. The molecule has 1 aliphatic rings. The third-order valence-corrected chi connectivity index (χ3v) is 6.10. The number of rotatable bonds is 7. The molecule has 5 nitrogen and oxygen atoms in total. The highest BCUT2D eigenvalue weighted by molar-refractivity contribution is 6.30. The Balaban J connectivity index is 1.29. The lowest BCUT2D eigenvalue weighted by atomic mass is 10.1. The molecule has 0 radical (unpaired) electrons. The van der Waals surface area contributed by atoms with E-state index in [1.165, 1.54) is 11.3 Å². The van der Waals surface area contributed by atoms with Gasteiger partial charge in [-0.25, -0.2) is 0 Å². The third kappa shape index (κ3) is 6.28. The van der Waals surface area contributed by atoms with Gasteiger partial charge < -0.3 is 15.0 Å². The zero-order valence-electron chi connectivity index (χ0n) is 19.1. The molecule has 0 saturated carbocycles. The number of halogens is 1. The van der Waals surface area contributed by atoms with Gasteiger partial charge in [-0.2, -0.15) is 0 Å². The van der Waals surface area contributed by atoms with E-state index in [2.05, 4.69) is 57.6 Å². The van der Waals surface area contributed by atoms with Crippen molar-refractivity contribution < 1.29 is 9.53 Å². The van der Waals surface area contributed by atoms with Crippen LogP contribution in [0.25, 0.3) is 0 Å². The smallest absolute Gasteiger partial charge is 0.267 e. The van der Waals surface area contributed by atoms with Crippen molar-refractivity contribution in [3.05, 3.63) is 89.4 Å². The Hall–Kier alpha value is -3.02. The Labute approximate surface area is 200 Å². The summed E-state index contributed by atoms with van der Waals surface area (Å²) in [6.45, 7) is 8.53. The van der Waals surface area contributed by atoms with Gasteiger partial charge in [-0.05, 0) is 67.9 Å². The van der Waals surface area contributed by atoms with Gasteiger partial charge in [0.25, 0.3) is 5.91 Å². The summed E-state index contributed by atoms with van der Waals surface area (Å²) in [5.41, 5.74) is 2.25. The van der Waals surface area contributed by atoms with Crippen molar-refractivity contribution in [2.24, 2.45) is 0 Å². The van der Waals surface area contributed by atoms with Crippen LogP contribution in [0.15, 0.2) is 78.9 Å². The van der Waals surface area contributed by atoms with E-state index in [1.54, 1.807) is 38.1 Å². The molecular formula is C27H30ClN3O2. The number of piperazine rings is 1. The largest absolute Gasteiger partial charge is 0.478 e. The first-order chi connectivity index (χ1) is 15.9. The van der Waals surface area contributed by atoms with Crippen LogP contribution < -0.4 is 15.0 Å². The number of nitrogens with zero attached hydrogens (tertiary/aromatic N) is 2. The molecule has 4 rings (SSSR count). The Morgan fingerprint density at radius 2 is 1.55 bits per heavy atom. The van der Waals surface area contributed by atoms with E-state index in [0.717, 1.165) is 38.4 Å². The average Bonchev–Trinajstić information content (AvgIpc) is 2.82. The van der Waals surface area contributed by atoms with Crippen molar-refractivity contribution in [1.29, 1.82) is 0 Å². The molecule has 1 fully saturated rings. The summed E-state index contributed by atoms with van der Waals surface area (Å²) in [4.78, 5) is 17.7. The SMILES string of the molecule is CC(C)(Oc1ccc(Cl)cc1)C(=O)Nc1ccc(N2CCN(Cc3ccccc3)CC2)cc1. The van der Waals surface area contributed by atoms with Gasteiger partial charge in [0.2, 0.25) is 0 Å². The van der Waals surface area contributed by atoms with Crippen LogP contribution in [0.5, 0.6) is 5.75 Å². The van der Waals surface area contributed by atoms with Crippen molar-refractivity contribution in [3.63, 3.8) is 0 Å². The maximum Gasteiger partial charge on any atom is 0.267 e. The lowest BCUT2D eigenvalue weighted by molar-refractivity contribution is -0.128. The quantitative estimate of drug-likeness (QED) is 0.505. The molecule has 3 aromatic carbocycles. The molecule has 33 heavy (non-hydrogen) atoms. The van der Waals surface area contributed by atoms with Gasteiger partial charge in [-0.3, -0.25) is 9.69 Å². The topological polar surface area (TPSA) is 44.8 Å². The molecule has 1 N–H and O–H groups in total. The summed E-state index contributed by atoms with van der Waals surface area (Å²) in [7, 11) is 0. The number of nitrogens with one attached hydrogen (secondary N) is 1. The number of benzene rings is 3. The summed E-state index contributed by atoms with van der Waals surface area (Å²) >= 11 is 5.92. The molecule has 172 valence electrons. The first-order valence-electron chi connectivity index (χ1n) is 11.3. The fourth-order valence-corrected chi connectivity index (χ4v) is 4.01. The number of hydrogen-bond acceptors (Lipinski definition) is 4. The third-order valence-electron chi connectivity index (χ3n) is 5.85. The van der Waals surface area contributed by atoms with Crippen molar-refractivity contribution in [1.82, 2.24) is 4.90 Å². The van der Waals surface area contributed by atoms with E-state index in [4.69, 9.17) is 16.3 Å². The van der Waals surface area contributed by atoms with Gasteiger partial charge >= 0.3 is 0 Å². The maximum atomic E-state index is 12.8. The standard InChI is InChI=1S/C27H30ClN3O2/c1-27(2,33-25-14-8-22(28)9-15-25)26(32)29-23-10-12-24(13-11-23)31-18-16-30(17-19-31)20-21-6-4-3-5-7-21/h3-15H,16-20H2,1-2H3,(H,29,32). The van der Waals surface area contributed by atoms with Crippen LogP contribution >= 0.6 is 11.6 Å². The van der Waals surface area contributed by atoms with Crippen molar-refractivity contribution >= 4 is 28.9 Å². The predicted molar refractivity (Wildman–Crippen MR) is 135 cm³/mol. The Morgan fingerprint density at radius 3 is 2.18 bits per heavy atom. The predicted octanol–water partition coefficient (Wildman–Crippen LogP) is 5.46. The minimum absolute atomic E-state index is 0.209. The molecule has 1 heterocycles. The van der Waals surface area contributed by atoms with Gasteiger partial charge in [-0.15, -0.1) is 0 Å². The molecule has 3 aromatic rings. The number of hydrogen-bond donors (Lipinski definition) is 1. The van der Waals surface area contributed by atoms with E-state index < -0.39 is 5.60 Å². The molecular weight excluding hydrogens is 434 g/mol. The van der Waals surface area contributed by atoms with Crippen LogP contribution in [0.1, 0.15) is 19.4 Å². The van der Waals surface area contributed by atoms with Crippen LogP contribution in [0.3, 0.4) is 0 Å². The summed E-state index contributed by atoms with van der Waals surface area (Å²) in [6, 6.07) is 25.6. The first-order valence-corrected chi connectivity index (χ1v) is 11.6. The Morgan fingerprint density at radius 1 is 0.909 bits per heavy atom. The van der Waals surface area contributed by atoms with E-state index in [0.29, 0.717) is 10.8 Å². The minimum Gasteiger partial charge on any atom is -0.478 e. The molecule has 0 unspecified atom stereocenters. The Bertz CT molecular complexity index is 1040. The lowest BCUT2D eigenvalue weighted by Crippen LogP contribution is -2.46. The molecule has 0 aromatic heterocycles. The molecule has 0 bridgehead atoms. The number of amides is 1. The highest BCUT2D eigenvalue weighted by Gasteiger charge is 2.30. The van der Waals surface area contributed by atoms with Crippen LogP contribution in [0.4, 0.5) is 11.4 Å². The number of carbonyl (C=O) groups is 1. The summed E-state index contributed by atoms with van der Waals surface area (Å²) in [5, 5.41) is 3.59. The summed E-state index contributed by atoms with van der Waals surface area (Å²) < 4.78 is 5.88.